The molecule has 0 amide bonds. The smallest absolute Gasteiger partial charge is 0.0414 e. The minimum Gasteiger partial charge on any atom is -0.293 e. The molecule has 0 aliphatic carbocycles. The highest BCUT2D eigenvalue weighted by Gasteiger charge is 1.99. The first-order valence-electron chi connectivity index (χ1n) is 4.49. The molecule has 0 bridgehead atoms. The SMILES string of the molecule is Cc1ccc(CN(C)CS)cc1C. The summed E-state index contributed by atoms with van der Waals surface area (Å²) in [5.41, 5.74) is 4.09. The molecule has 1 rings (SSSR count). The lowest BCUT2D eigenvalue weighted by Crippen LogP contribution is -2.15. The zero-order valence-corrected chi connectivity index (χ0v) is 9.44. The van der Waals surface area contributed by atoms with Crippen LogP contribution in [0.5, 0.6) is 0 Å². The summed E-state index contributed by atoms with van der Waals surface area (Å²) in [6, 6.07) is 6.61. The summed E-state index contributed by atoms with van der Waals surface area (Å²) < 4.78 is 0. The third kappa shape index (κ3) is 3.05. The van der Waals surface area contributed by atoms with Crippen molar-refractivity contribution in [3.8, 4) is 0 Å². The molecule has 1 aromatic carbocycles. The largest absolute Gasteiger partial charge is 0.293 e. The predicted octanol–water partition coefficient (Wildman–Crippen LogP) is 2.62. The van der Waals surface area contributed by atoms with E-state index in [9.17, 15) is 0 Å². The van der Waals surface area contributed by atoms with E-state index in [1.807, 2.05) is 0 Å². The van der Waals surface area contributed by atoms with Crippen molar-refractivity contribution in [1.29, 1.82) is 0 Å². The van der Waals surface area contributed by atoms with Crippen molar-refractivity contribution in [1.82, 2.24) is 4.90 Å². The molecule has 0 aliphatic rings. The van der Waals surface area contributed by atoms with Gasteiger partial charge in [0.1, 0.15) is 0 Å². The van der Waals surface area contributed by atoms with E-state index in [0.717, 1.165) is 12.4 Å². The number of nitrogens with zero attached hydrogens (tertiary/aromatic N) is 1. The van der Waals surface area contributed by atoms with Gasteiger partial charge in [-0.1, -0.05) is 18.2 Å². The molecule has 0 spiro atoms. The predicted molar refractivity (Wildman–Crippen MR) is 61.2 cm³/mol. The van der Waals surface area contributed by atoms with Gasteiger partial charge in [-0.15, -0.1) is 0 Å². The Balaban J connectivity index is 2.73. The van der Waals surface area contributed by atoms with E-state index in [2.05, 4.69) is 56.6 Å². The van der Waals surface area contributed by atoms with Crippen LogP contribution in [-0.4, -0.2) is 17.8 Å². The summed E-state index contributed by atoms with van der Waals surface area (Å²) in [7, 11) is 2.07. The highest BCUT2D eigenvalue weighted by molar-refractivity contribution is 7.80. The molecule has 0 unspecified atom stereocenters. The molecule has 0 aromatic heterocycles. The average molecular weight is 195 g/mol. The Labute approximate surface area is 86.2 Å². The zero-order chi connectivity index (χ0) is 9.84. The first-order valence-corrected chi connectivity index (χ1v) is 5.12. The first kappa shape index (κ1) is 10.6. The fourth-order valence-corrected chi connectivity index (χ4v) is 1.36. The molecule has 0 saturated heterocycles. The summed E-state index contributed by atoms with van der Waals surface area (Å²) in [6.07, 6.45) is 0. The molecule has 1 aromatic rings. The first-order chi connectivity index (χ1) is 6.13. The van der Waals surface area contributed by atoms with E-state index < -0.39 is 0 Å². The van der Waals surface area contributed by atoms with E-state index in [-0.39, 0.29) is 0 Å². The summed E-state index contributed by atoms with van der Waals surface area (Å²) in [5, 5.41) is 0. The van der Waals surface area contributed by atoms with E-state index >= 15 is 0 Å². The van der Waals surface area contributed by atoms with Gasteiger partial charge in [0.05, 0.1) is 0 Å². The number of rotatable bonds is 3. The van der Waals surface area contributed by atoms with Crippen LogP contribution in [0.4, 0.5) is 0 Å². The van der Waals surface area contributed by atoms with Crippen LogP contribution in [0, 0.1) is 13.8 Å². The Morgan fingerprint density at radius 1 is 1.23 bits per heavy atom. The summed E-state index contributed by atoms with van der Waals surface area (Å²) >= 11 is 4.22. The van der Waals surface area contributed by atoms with Gasteiger partial charge in [-0.05, 0) is 37.6 Å². The van der Waals surface area contributed by atoms with Crippen molar-refractivity contribution >= 4 is 12.6 Å². The third-order valence-electron chi connectivity index (χ3n) is 2.27. The molecule has 2 heteroatoms. The lowest BCUT2D eigenvalue weighted by Gasteiger charge is -2.14. The second-order valence-electron chi connectivity index (χ2n) is 3.57. The van der Waals surface area contributed by atoms with Crippen molar-refractivity contribution in [2.24, 2.45) is 0 Å². The van der Waals surface area contributed by atoms with Crippen LogP contribution in [-0.2, 0) is 6.54 Å². The van der Waals surface area contributed by atoms with Gasteiger partial charge >= 0.3 is 0 Å². The molecule has 0 radical (unpaired) electrons. The minimum absolute atomic E-state index is 0.799. The highest BCUT2D eigenvalue weighted by atomic mass is 32.1. The maximum atomic E-state index is 4.22. The van der Waals surface area contributed by atoms with Crippen LogP contribution < -0.4 is 0 Å². The Morgan fingerprint density at radius 2 is 1.92 bits per heavy atom. The number of benzene rings is 1. The quantitative estimate of drug-likeness (QED) is 0.573. The van der Waals surface area contributed by atoms with Crippen LogP contribution in [0.25, 0.3) is 0 Å². The molecule has 13 heavy (non-hydrogen) atoms. The Bertz CT molecular complexity index is 283. The fourth-order valence-electron chi connectivity index (χ4n) is 1.26. The van der Waals surface area contributed by atoms with Gasteiger partial charge in [0.2, 0.25) is 0 Å². The second kappa shape index (κ2) is 4.68. The number of hydrogen-bond acceptors (Lipinski definition) is 2. The van der Waals surface area contributed by atoms with Crippen LogP contribution in [0.3, 0.4) is 0 Å². The van der Waals surface area contributed by atoms with Crippen LogP contribution in [0.15, 0.2) is 18.2 Å². The van der Waals surface area contributed by atoms with Gasteiger partial charge < -0.3 is 0 Å². The standard InChI is InChI=1S/C11H17NS/c1-9-4-5-11(6-10(9)2)7-12(3)8-13/h4-6,13H,7-8H2,1-3H3. The minimum atomic E-state index is 0.799. The fraction of sp³-hybridized carbons (Fsp3) is 0.455. The molecule has 0 saturated carbocycles. The molecule has 72 valence electrons. The Morgan fingerprint density at radius 3 is 2.46 bits per heavy atom. The van der Waals surface area contributed by atoms with Crippen molar-refractivity contribution in [2.75, 3.05) is 12.9 Å². The topological polar surface area (TPSA) is 3.24 Å². The average Bonchev–Trinajstić information content (AvgIpc) is 2.11. The highest BCUT2D eigenvalue weighted by Crippen LogP contribution is 2.11. The lowest BCUT2D eigenvalue weighted by molar-refractivity contribution is 0.387. The summed E-state index contributed by atoms with van der Waals surface area (Å²) in [5.74, 6) is 0.799. The molecule has 0 aliphatic heterocycles. The monoisotopic (exact) mass is 195 g/mol. The van der Waals surface area contributed by atoms with Crippen LogP contribution >= 0.6 is 12.6 Å². The molecule has 0 heterocycles. The van der Waals surface area contributed by atoms with E-state index in [1.54, 1.807) is 0 Å². The van der Waals surface area contributed by atoms with E-state index in [4.69, 9.17) is 0 Å². The molecular weight excluding hydrogens is 178 g/mol. The van der Waals surface area contributed by atoms with Gasteiger partial charge in [-0.3, -0.25) is 4.90 Å². The maximum absolute atomic E-state index is 4.22. The maximum Gasteiger partial charge on any atom is 0.0414 e. The molecular formula is C11H17NS. The molecule has 0 atom stereocenters. The third-order valence-corrected chi connectivity index (χ3v) is 2.75. The molecule has 0 fully saturated rings. The van der Waals surface area contributed by atoms with Gasteiger partial charge in [0, 0.05) is 12.4 Å². The van der Waals surface area contributed by atoms with Gasteiger partial charge in [-0.2, -0.15) is 12.6 Å². The van der Waals surface area contributed by atoms with Crippen molar-refractivity contribution in [2.45, 2.75) is 20.4 Å². The lowest BCUT2D eigenvalue weighted by atomic mass is 10.1. The zero-order valence-electron chi connectivity index (χ0n) is 8.54. The number of hydrogen-bond donors (Lipinski definition) is 1. The second-order valence-corrected chi connectivity index (χ2v) is 3.86. The van der Waals surface area contributed by atoms with Gasteiger partial charge in [0.25, 0.3) is 0 Å². The molecule has 1 nitrogen and oxygen atoms in total. The Hall–Kier alpha value is -0.470. The van der Waals surface area contributed by atoms with Crippen molar-refractivity contribution in [3.05, 3.63) is 34.9 Å². The van der Waals surface area contributed by atoms with Crippen molar-refractivity contribution < 1.29 is 0 Å². The van der Waals surface area contributed by atoms with Crippen LogP contribution in [0.2, 0.25) is 0 Å². The van der Waals surface area contributed by atoms with Crippen LogP contribution in [0.1, 0.15) is 16.7 Å². The summed E-state index contributed by atoms with van der Waals surface area (Å²) in [4.78, 5) is 2.17. The summed E-state index contributed by atoms with van der Waals surface area (Å²) in [6.45, 7) is 5.27. The molecule has 0 N–H and O–H groups in total. The van der Waals surface area contributed by atoms with Crippen molar-refractivity contribution in [3.63, 3.8) is 0 Å². The van der Waals surface area contributed by atoms with Gasteiger partial charge in [0.15, 0.2) is 0 Å². The van der Waals surface area contributed by atoms with E-state index in [0.29, 0.717) is 0 Å². The Kier molecular flexibility index (Phi) is 3.82. The number of aryl methyl sites for hydroxylation is 2. The van der Waals surface area contributed by atoms with E-state index in [1.165, 1.54) is 16.7 Å². The number of thiol groups is 1. The normalized spacial score (nSPS) is 10.8. The van der Waals surface area contributed by atoms with Gasteiger partial charge in [-0.25, -0.2) is 0 Å².